The average Bonchev–Trinajstić information content (AvgIpc) is 3.34. The van der Waals surface area contributed by atoms with E-state index in [1.54, 1.807) is 36.1 Å². The van der Waals surface area contributed by atoms with Gasteiger partial charge in [0, 0.05) is 22.5 Å². The first-order chi connectivity index (χ1) is 16.0. The normalized spacial score (nSPS) is 11.4. The fourth-order valence-corrected chi connectivity index (χ4v) is 4.21. The topological polar surface area (TPSA) is 118 Å². The Morgan fingerprint density at radius 1 is 1.26 bits per heavy atom. The Morgan fingerprint density at radius 2 is 2.00 bits per heavy atom. The van der Waals surface area contributed by atoms with Gasteiger partial charge in [0.05, 0.1) is 30.8 Å². The predicted molar refractivity (Wildman–Crippen MR) is 133 cm³/mol. The molecule has 0 aliphatic rings. The van der Waals surface area contributed by atoms with E-state index >= 15 is 0 Å². The van der Waals surface area contributed by atoms with E-state index in [0.717, 1.165) is 10.4 Å². The molecule has 0 bridgehead atoms. The van der Waals surface area contributed by atoms with Gasteiger partial charge in [-0.2, -0.15) is 5.10 Å². The second-order valence-corrected chi connectivity index (χ2v) is 10.1. The first kappa shape index (κ1) is 25.7. The van der Waals surface area contributed by atoms with E-state index in [-0.39, 0.29) is 31.5 Å². The molecule has 182 valence electrons. The van der Waals surface area contributed by atoms with Gasteiger partial charge in [0.15, 0.2) is 5.13 Å². The molecule has 3 N–H and O–H groups in total. The van der Waals surface area contributed by atoms with Crippen molar-refractivity contribution in [2.24, 2.45) is 5.41 Å². The molecule has 0 aliphatic heterocycles. The van der Waals surface area contributed by atoms with Gasteiger partial charge in [-0.15, -0.1) is 0 Å². The van der Waals surface area contributed by atoms with Crippen molar-refractivity contribution >= 4 is 39.9 Å². The standard InChI is InChI=1S/C23H28ClN5O4S/c1-13-19(34-22(26-13)27-21(32)23(2,3)4)16-11-17(20(31)25-8-9-30)29(28-16)12-14-10-15(24)6-7-18(14)33-5/h6-7,10-11,30H,8-9,12H2,1-5H3,(H,25,31)(H,26,27,32). The Balaban J connectivity index is 2.00. The Bertz CT molecular complexity index is 1200. The molecule has 2 heterocycles. The number of aryl methyl sites for hydroxylation is 1. The Kier molecular flexibility index (Phi) is 7.96. The van der Waals surface area contributed by atoms with Gasteiger partial charge >= 0.3 is 0 Å². The van der Waals surface area contributed by atoms with E-state index in [0.29, 0.717) is 33.0 Å². The summed E-state index contributed by atoms with van der Waals surface area (Å²) < 4.78 is 6.99. The molecule has 0 fully saturated rings. The van der Waals surface area contributed by atoms with E-state index in [4.69, 9.17) is 21.4 Å². The van der Waals surface area contributed by atoms with Gasteiger partial charge in [0.1, 0.15) is 17.1 Å². The summed E-state index contributed by atoms with van der Waals surface area (Å²) in [5, 5.41) is 20.3. The third-order valence-electron chi connectivity index (χ3n) is 4.90. The third kappa shape index (κ3) is 5.94. The number of ether oxygens (including phenoxy) is 1. The number of aliphatic hydroxyl groups excluding tert-OH is 1. The minimum atomic E-state index is -0.560. The number of benzene rings is 1. The summed E-state index contributed by atoms with van der Waals surface area (Å²) in [6, 6.07) is 6.90. The number of thiazole rings is 1. The number of nitrogens with zero attached hydrogens (tertiary/aromatic N) is 3. The van der Waals surface area contributed by atoms with Crippen LogP contribution in [0.15, 0.2) is 24.3 Å². The Labute approximate surface area is 207 Å². The Hall–Kier alpha value is -2.95. The predicted octanol–water partition coefficient (Wildman–Crippen LogP) is 3.73. The highest BCUT2D eigenvalue weighted by molar-refractivity contribution is 7.19. The summed E-state index contributed by atoms with van der Waals surface area (Å²) >= 11 is 7.46. The van der Waals surface area contributed by atoms with Crippen LogP contribution in [0.25, 0.3) is 10.6 Å². The second kappa shape index (κ2) is 10.5. The molecule has 0 atom stereocenters. The maximum absolute atomic E-state index is 12.8. The van der Waals surface area contributed by atoms with Gasteiger partial charge in [-0.25, -0.2) is 4.98 Å². The van der Waals surface area contributed by atoms with Crippen LogP contribution in [0.1, 0.15) is 42.5 Å². The molecule has 2 aromatic heterocycles. The van der Waals surface area contributed by atoms with Crippen LogP contribution >= 0.6 is 22.9 Å². The molecule has 0 saturated carbocycles. The van der Waals surface area contributed by atoms with Crippen molar-refractivity contribution in [1.29, 1.82) is 0 Å². The Morgan fingerprint density at radius 3 is 2.65 bits per heavy atom. The fraction of sp³-hybridized carbons (Fsp3) is 0.391. The largest absolute Gasteiger partial charge is 0.496 e. The van der Waals surface area contributed by atoms with Crippen molar-refractivity contribution in [3.8, 4) is 16.3 Å². The summed E-state index contributed by atoms with van der Waals surface area (Å²) in [7, 11) is 1.56. The smallest absolute Gasteiger partial charge is 0.269 e. The summed E-state index contributed by atoms with van der Waals surface area (Å²) in [5.41, 5.74) is 1.72. The molecule has 0 saturated heterocycles. The summed E-state index contributed by atoms with van der Waals surface area (Å²) in [6.45, 7) is 7.47. The lowest BCUT2D eigenvalue weighted by Gasteiger charge is -2.15. The summed E-state index contributed by atoms with van der Waals surface area (Å²) in [5.74, 6) is 0.0944. The van der Waals surface area contributed by atoms with Crippen LogP contribution in [-0.4, -0.2) is 51.9 Å². The van der Waals surface area contributed by atoms with Gasteiger partial charge in [-0.1, -0.05) is 43.7 Å². The van der Waals surface area contributed by atoms with Crippen LogP contribution < -0.4 is 15.4 Å². The zero-order chi connectivity index (χ0) is 25.0. The van der Waals surface area contributed by atoms with Gasteiger partial charge in [-0.05, 0) is 31.2 Å². The minimum absolute atomic E-state index is 0.113. The van der Waals surface area contributed by atoms with E-state index in [2.05, 4.69) is 20.7 Å². The molecule has 3 aromatic rings. The number of aromatic nitrogens is 3. The number of aliphatic hydroxyl groups is 1. The number of amides is 2. The number of hydrogen-bond donors (Lipinski definition) is 3. The van der Waals surface area contributed by atoms with Crippen molar-refractivity contribution in [2.45, 2.75) is 34.2 Å². The number of halogens is 1. The number of nitrogens with one attached hydrogen (secondary N) is 2. The summed E-state index contributed by atoms with van der Waals surface area (Å²) in [6.07, 6.45) is 0. The van der Waals surface area contributed by atoms with E-state index in [1.165, 1.54) is 11.3 Å². The molecule has 1 aromatic carbocycles. The van der Waals surface area contributed by atoms with Crippen LogP contribution in [0.3, 0.4) is 0 Å². The monoisotopic (exact) mass is 505 g/mol. The maximum Gasteiger partial charge on any atom is 0.269 e. The number of anilines is 1. The van der Waals surface area contributed by atoms with E-state index in [1.807, 2.05) is 27.7 Å². The van der Waals surface area contributed by atoms with Crippen LogP contribution in [0.2, 0.25) is 5.02 Å². The number of carbonyl (C=O) groups is 2. The second-order valence-electron chi connectivity index (χ2n) is 8.65. The molecular weight excluding hydrogens is 478 g/mol. The van der Waals surface area contributed by atoms with Gasteiger partial charge in [-0.3, -0.25) is 14.3 Å². The first-order valence-corrected chi connectivity index (χ1v) is 11.8. The first-order valence-electron chi connectivity index (χ1n) is 10.6. The molecule has 9 nitrogen and oxygen atoms in total. The van der Waals surface area contributed by atoms with E-state index < -0.39 is 5.41 Å². The third-order valence-corrected chi connectivity index (χ3v) is 6.23. The number of carbonyl (C=O) groups excluding carboxylic acids is 2. The number of hydrogen-bond acceptors (Lipinski definition) is 7. The molecule has 11 heteroatoms. The molecule has 0 aliphatic carbocycles. The average molecular weight is 506 g/mol. The molecule has 0 spiro atoms. The van der Waals surface area contributed by atoms with Crippen molar-refractivity contribution in [2.75, 3.05) is 25.6 Å². The highest BCUT2D eigenvalue weighted by Gasteiger charge is 2.24. The molecular formula is C23H28ClN5O4S. The van der Waals surface area contributed by atoms with E-state index in [9.17, 15) is 9.59 Å². The van der Waals surface area contributed by atoms with Crippen LogP contribution in [-0.2, 0) is 11.3 Å². The minimum Gasteiger partial charge on any atom is -0.496 e. The van der Waals surface area contributed by atoms with Crippen molar-refractivity contribution < 1.29 is 19.4 Å². The summed E-state index contributed by atoms with van der Waals surface area (Å²) in [4.78, 5) is 30.4. The zero-order valence-corrected chi connectivity index (χ0v) is 21.3. The molecule has 0 radical (unpaired) electrons. The van der Waals surface area contributed by atoms with Gasteiger partial charge in [0.25, 0.3) is 5.91 Å². The molecule has 2 amide bonds. The van der Waals surface area contributed by atoms with Crippen LogP contribution in [0.5, 0.6) is 5.75 Å². The van der Waals surface area contributed by atoms with Gasteiger partial charge < -0.3 is 20.5 Å². The van der Waals surface area contributed by atoms with Crippen LogP contribution in [0, 0.1) is 12.3 Å². The number of methoxy groups -OCH3 is 1. The zero-order valence-electron chi connectivity index (χ0n) is 19.7. The fourth-order valence-electron chi connectivity index (χ4n) is 3.10. The maximum atomic E-state index is 12.8. The van der Waals surface area contributed by atoms with Crippen molar-refractivity contribution in [1.82, 2.24) is 20.1 Å². The van der Waals surface area contributed by atoms with Crippen LogP contribution in [0.4, 0.5) is 5.13 Å². The quantitative estimate of drug-likeness (QED) is 0.429. The number of rotatable bonds is 8. The SMILES string of the molecule is COc1ccc(Cl)cc1Cn1nc(-c2sc(NC(=O)C(C)(C)C)nc2C)cc1C(=O)NCCO. The molecule has 3 rings (SSSR count). The lowest BCUT2D eigenvalue weighted by atomic mass is 9.96. The highest BCUT2D eigenvalue weighted by atomic mass is 35.5. The van der Waals surface area contributed by atoms with Crippen molar-refractivity contribution in [3.05, 3.63) is 46.2 Å². The molecule has 34 heavy (non-hydrogen) atoms. The lowest BCUT2D eigenvalue weighted by molar-refractivity contribution is -0.123. The lowest BCUT2D eigenvalue weighted by Crippen LogP contribution is -2.28. The van der Waals surface area contributed by atoms with Crippen molar-refractivity contribution in [3.63, 3.8) is 0 Å². The highest BCUT2D eigenvalue weighted by Crippen LogP contribution is 2.34. The van der Waals surface area contributed by atoms with Gasteiger partial charge in [0.2, 0.25) is 5.91 Å². The molecule has 0 unspecified atom stereocenters.